The van der Waals surface area contributed by atoms with Crippen molar-refractivity contribution in [1.82, 2.24) is 0 Å². The Kier molecular flexibility index (Phi) is 7.42. The van der Waals surface area contributed by atoms with Gasteiger partial charge in [-0.25, -0.2) is 4.85 Å². The molecule has 0 atom stereocenters. The standard InChI is InChI=1S/C29H28N4O3/c1-18-13-20(5-4-12-30)14-19(2)28(18)36-27-16-26(33-24-10-8-23(32-3)9-11-24)25(31)15-22(27)17-35-29(34)21-6-7-21/h8-11,13-16,21,33H,4-7,17,31H2,1-2H3. The molecule has 4 rings (SSSR count). The SMILES string of the molecule is [C-]#[N+]c1ccc(Nc2cc(Oc3c(C)cc(CCC#N)cc3C)c(COC(=O)C3CC3)cc2N)cc1. The summed E-state index contributed by atoms with van der Waals surface area (Å²) in [6, 6.07) is 16.9. The summed E-state index contributed by atoms with van der Waals surface area (Å²) in [5.41, 5.74) is 12.5. The Labute approximate surface area is 211 Å². The first kappa shape index (κ1) is 24.6. The van der Waals surface area contributed by atoms with Crippen molar-refractivity contribution < 1.29 is 14.3 Å². The Morgan fingerprint density at radius 3 is 2.47 bits per heavy atom. The summed E-state index contributed by atoms with van der Waals surface area (Å²) in [6.45, 7) is 11.1. The van der Waals surface area contributed by atoms with Crippen molar-refractivity contribution in [2.24, 2.45) is 5.92 Å². The highest BCUT2D eigenvalue weighted by molar-refractivity contribution is 5.77. The van der Waals surface area contributed by atoms with Crippen LogP contribution in [0.2, 0.25) is 0 Å². The minimum absolute atomic E-state index is 0.00322. The van der Waals surface area contributed by atoms with E-state index in [1.807, 2.05) is 38.1 Å². The second kappa shape index (κ2) is 10.8. The lowest BCUT2D eigenvalue weighted by Crippen LogP contribution is -2.08. The molecular weight excluding hydrogens is 452 g/mol. The minimum atomic E-state index is -0.198. The van der Waals surface area contributed by atoms with Crippen LogP contribution in [0, 0.1) is 37.7 Å². The quantitative estimate of drug-likeness (QED) is 0.197. The Hall–Kier alpha value is -4.49. The predicted molar refractivity (Wildman–Crippen MR) is 139 cm³/mol. The number of nitrogens with zero attached hydrogens (tertiary/aromatic N) is 2. The van der Waals surface area contributed by atoms with Crippen LogP contribution < -0.4 is 15.8 Å². The summed E-state index contributed by atoms with van der Waals surface area (Å²) >= 11 is 0. The molecule has 36 heavy (non-hydrogen) atoms. The zero-order valence-corrected chi connectivity index (χ0v) is 20.4. The first-order chi connectivity index (χ1) is 17.4. The average molecular weight is 481 g/mol. The molecule has 0 aromatic heterocycles. The lowest BCUT2D eigenvalue weighted by atomic mass is 10.0. The lowest BCUT2D eigenvalue weighted by molar-refractivity contribution is -0.146. The van der Waals surface area contributed by atoms with Crippen LogP contribution in [0.1, 0.15) is 41.5 Å². The average Bonchev–Trinajstić information content (AvgIpc) is 3.71. The zero-order valence-electron chi connectivity index (χ0n) is 20.4. The highest BCUT2D eigenvalue weighted by Gasteiger charge is 2.31. The molecular formula is C29H28N4O3. The maximum Gasteiger partial charge on any atom is 0.309 e. The van der Waals surface area contributed by atoms with Crippen molar-refractivity contribution in [3.63, 3.8) is 0 Å². The van der Waals surface area contributed by atoms with Gasteiger partial charge in [0, 0.05) is 23.7 Å². The van der Waals surface area contributed by atoms with E-state index < -0.39 is 0 Å². The first-order valence-electron chi connectivity index (χ1n) is 11.9. The van der Waals surface area contributed by atoms with Crippen molar-refractivity contribution in [1.29, 1.82) is 5.26 Å². The normalized spacial score (nSPS) is 12.3. The molecule has 3 aromatic rings. The molecule has 3 aromatic carbocycles. The molecule has 7 nitrogen and oxygen atoms in total. The summed E-state index contributed by atoms with van der Waals surface area (Å²) in [5.74, 6) is 1.04. The summed E-state index contributed by atoms with van der Waals surface area (Å²) in [5, 5.41) is 12.2. The minimum Gasteiger partial charge on any atom is -0.460 e. The van der Waals surface area contributed by atoms with Crippen LogP contribution in [0.5, 0.6) is 11.5 Å². The van der Waals surface area contributed by atoms with Gasteiger partial charge in [0.15, 0.2) is 5.69 Å². The Bertz CT molecular complexity index is 1340. The molecule has 1 saturated carbocycles. The summed E-state index contributed by atoms with van der Waals surface area (Å²) in [6.07, 6.45) is 2.88. The number of ether oxygens (including phenoxy) is 2. The van der Waals surface area contributed by atoms with Crippen LogP contribution in [0.3, 0.4) is 0 Å². The fourth-order valence-corrected chi connectivity index (χ4v) is 3.98. The van der Waals surface area contributed by atoms with Gasteiger partial charge in [0.1, 0.15) is 18.1 Å². The molecule has 182 valence electrons. The van der Waals surface area contributed by atoms with Crippen LogP contribution in [0.25, 0.3) is 4.85 Å². The molecule has 0 heterocycles. The van der Waals surface area contributed by atoms with E-state index in [1.165, 1.54) is 0 Å². The van der Waals surface area contributed by atoms with E-state index in [-0.39, 0.29) is 18.5 Å². The van der Waals surface area contributed by atoms with Gasteiger partial charge >= 0.3 is 5.97 Å². The number of nitrogens with one attached hydrogen (secondary N) is 1. The molecule has 0 spiro atoms. The number of nitriles is 1. The van der Waals surface area contributed by atoms with Crippen molar-refractivity contribution >= 4 is 28.7 Å². The van der Waals surface area contributed by atoms with Crippen molar-refractivity contribution in [2.75, 3.05) is 11.1 Å². The first-order valence-corrected chi connectivity index (χ1v) is 11.9. The maximum absolute atomic E-state index is 12.2. The van der Waals surface area contributed by atoms with Gasteiger partial charge in [0.05, 0.1) is 29.9 Å². The number of nitrogens with two attached hydrogens (primary N) is 1. The number of carbonyl (C=O) groups excluding carboxylic acids is 1. The number of hydrogen-bond acceptors (Lipinski definition) is 6. The molecule has 1 aliphatic rings. The molecule has 0 amide bonds. The van der Waals surface area contributed by atoms with Crippen LogP contribution in [0.15, 0.2) is 48.5 Å². The topological polar surface area (TPSA) is 102 Å². The van der Waals surface area contributed by atoms with E-state index in [9.17, 15) is 4.79 Å². The number of aryl methyl sites for hydroxylation is 3. The number of esters is 1. The molecule has 1 aliphatic carbocycles. The third-order valence-electron chi connectivity index (χ3n) is 6.05. The van der Waals surface area contributed by atoms with Gasteiger partial charge in [-0.3, -0.25) is 4.79 Å². The highest BCUT2D eigenvalue weighted by Crippen LogP contribution is 2.38. The number of hydrogen-bond donors (Lipinski definition) is 2. The number of rotatable bonds is 9. The second-order valence-corrected chi connectivity index (χ2v) is 9.03. The van der Waals surface area contributed by atoms with Gasteiger partial charge in [0.25, 0.3) is 0 Å². The number of anilines is 3. The van der Waals surface area contributed by atoms with Gasteiger partial charge in [-0.1, -0.05) is 24.3 Å². The Morgan fingerprint density at radius 2 is 1.86 bits per heavy atom. The third kappa shape index (κ3) is 5.95. The van der Waals surface area contributed by atoms with E-state index in [0.29, 0.717) is 47.0 Å². The van der Waals surface area contributed by atoms with Gasteiger partial charge < -0.3 is 20.5 Å². The maximum atomic E-state index is 12.2. The Morgan fingerprint density at radius 1 is 1.17 bits per heavy atom. The van der Waals surface area contributed by atoms with Gasteiger partial charge in [-0.05, 0) is 68.0 Å². The van der Waals surface area contributed by atoms with Gasteiger partial charge in [0.2, 0.25) is 0 Å². The smallest absolute Gasteiger partial charge is 0.309 e. The fraction of sp³-hybridized carbons (Fsp3) is 0.276. The molecule has 0 radical (unpaired) electrons. The molecule has 0 saturated heterocycles. The zero-order chi connectivity index (χ0) is 25.7. The van der Waals surface area contributed by atoms with Crippen molar-refractivity contribution in [3.8, 4) is 17.6 Å². The number of carbonyl (C=O) groups is 1. The molecule has 1 fully saturated rings. The summed E-state index contributed by atoms with van der Waals surface area (Å²) in [4.78, 5) is 15.6. The van der Waals surface area contributed by atoms with Crippen LogP contribution in [-0.4, -0.2) is 5.97 Å². The van der Waals surface area contributed by atoms with E-state index in [4.69, 9.17) is 27.0 Å². The van der Waals surface area contributed by atoms with Crippen LogP contribution >= 0.6 is 0 Å². The van der Waals surface area contributed by atoms with Crippen LogP contribution in [-0.2, 0) is 22.6 Å². The number of nitrogen functional groups attached to an aromatic ring is 1. The van der Waals surface area contributed by atoms with Crippen molar-refractivity contribution in [2.45, 2.75) is 46.1 Å². The monoisotopic (exact) mass is 480 g/mol. The van der Waals surface area contributed by atoms with Gasteiger partial charge in [-0.2, -0.15) is 5.26 Å². The predicted octanol–water partition coefficient (Wildman–Crippen LogP) is 6.88. The van der Waals surface area contributed by atoms with E-state index in [0.717, 1.165) is 35.2 Å². The van der Waals surface area contributed by atoms with Gasteiger partial charge in [-0.15, -0.1) is 0 Å². The highest BCUT2D eigenvalue weighted by atomic mass is 16.5. The molecule has 0 bridgehead atoms. The molecule has 7 heteroatoms. The summed E-state index contributed by atoms with van der Waals surface area (Å²) in [7, 11) is 0. The fourth-order valence-electron chi connectivity index (χ4n) is 3.98. The van der Waals surface area contributed by atoms with E-state index in [2.05, 4.69) is 16.2 Å². The molecule has 3 N–H and O–H groups in total. The second-order valence-electron chi connectivity index (χ2n) is 9.03. The lowest BCUT2D eigenvalue weighted by Gasteiger charge is -2.19. The van der Waals surface area contributed by atoms with Crippen molar-refractivity contribution in [3.05, 3.63) is 82.2 Å². The van der Waals surface area contributed by atoms with E-state index in [1.54, 1.807) is 24.3 Å². The number of benzene rings is 3. The van der Waals surface area contributed by atoms with E-state index >= 15 is 0 Å². The summed E-state index contributed by atoms with van der Waals surface area (Å²) < 4.78 is 12.0. The largest absolute Gasteiger partial charge is 0.460 e. The Balaban J connectivity index is 1.65. The third-order valence-corrected chi connectivity index (χ3v) is 6.05. The molecule has 0 unspecified atom stereocenters. The van der Waals surface area contributed by atoms with Crippen LogP contribution in [0.4, 0.5) is 22.7 Å². The molecule has 0 aliphatic heterocycles.